The number of methoxy groups -OCH3 is 1. The third kappa shape index (κ3) is 4.17. The number of benzene rings is 1. The van der Waals surface area contributed by atoms with Crippen LogP contribution in [0.1, 0.15) is 0 Å². The third-order valence-electron chi connectivity index (χ3n) is 3.12. The van der Waals surface area contributed by atoms with Crippen LogP contribution in [0.15, 0.2) is 29.2 Å². The van der Waals surface area contributed by atoms with Crippen molar-refractivity contribution in [2.24, 2.45) is 5.92 Å². The third-order valence-corrected chi connectivity index (χ3v) is 4.54. The second-order valence-electron chi connectivity index (χ2n) is 4.68. The van der Waals surface area contributed by atoms with E-state index in [2.05, 4.69) is 10.0 Å². The lowest BCUT2D eigenvalue weighted by Crippen LogP contribution is -2.35. The molecule has 1 atom stereocenters. The molecule has 2 rings (SSSR count). The highest BCUT2D eigenvalue weighted by Crippen LogP contribution is 2.16. The molecule has 0 amide bonds. The summed E-state index contributed by atoms with van der Waals surface area (Å²) < 4.78 is 37.5. The van der Waals surface area contributed by atoms with Gasteiger partial charge in [0.25, 0.3) is 0 Å². The number of hydrogen-bond acceptors (Lipinski definition) is 5. The first-order valence-corrected chi connectivity index (χ1v) is 8.02. The van der Waals surface area contributed by atoms with Gasteiger partial charge in [0.15, 0.2) is 0 Å². The van der Waals surface area contributed by atoms with Crippen LogP contribution in [0.5, 0.6) is 5.75 Å². The summed E-state index contributed by atoms with van der Waals surface area (Å²) in [5, 5.41) is 3.21. The second kappa shape index (κ2) is 7.03. The van der Waals surface area contributed by atoms with Crippen molar-refractivity contribution in [1.29, 1.82) is 0 Å². The SMILES string of the molecule is COc1cccc(S(=O)(=O)NCC2CNCCOC2)c1. The largest absolute Gasteiger partial charge is 0.497 e. The molecule has 1 aromatic carbocycles. The van der Waals surface area contributed by atoms with Crippen molar-refractivity contribution in [2.45, 2.75) is 4.90 Å². The van der Waals surface area contributed by atoms with E-state index in [9.17, 15) is 8.42 Å². The molecule has 1 heterocycles. The van der Waals surface area contributed by atoms with Crippen molar-refractivity contribution < 1.29 is 17.9 Å². The predicted octanol–water partition coefficient (Wildman–Crippen LogP) is 0.210. The Hall–Kier alpha value is -1.15. The molecule has 1 unspecified atom stereocenters. The zero-order valence-corrected chi connectivity index (χ0v) is 12.3. The maximum atomic E-state index is 12.2. The highest BCUT2D eigenvalue weighted by molar-refractivity contribution is 7.89. The van der Waals surface area contributed by atoms with Crippen LogP contribution < -0.4 is 14.8 Å². The monoisotopic (exact) mass is 300 g/mol. The molecule has 0 radical (unpaired) electrons. The van der Waals surface area contributed by atoms with Gasteiger partial charge in [0.1, 0.15) is 5.75 Å². The zero-order valence-electron chi connectivity index (χ0n) is 11.5. The summed E-state index contributed by atoms with van der Waals surface area (Å²) in [6.45, 7) is 3.14. The number of rotatable bonds is 5. The molecule has 7 heteroatoms. The van der Waals surface area contributed by atoms with Crippen molar-refractivity contribution in [3.63, 3.8) is 0 Å². The van der Waals surface area contributed by atoms with E-state index in [0.717, 1.165) is 13.1 Å². The first kappa shape index (κ1) is 15.2. The summed E-state index contributed by atoms with van der Waals surface area (Å²) in [5.41, 5.74) is 0. The van der Waals surface area contributed by atoms with Gasteiger partial charge < -0.3 is 14.8 Å². The van der Waals surface area contributed by atoms with Gasteiger partial charge in [-0.1, -0.05) is 6.07 Å². The fourth-order valence-corrected chi connectivity index (χ4v) is 3.12. The Bertz CT molecular complexity index is 525. The Morgan fingerprint density at radius 1 is 1.50 bits per heavy atom. The van der Waals surface area contributed by atoms with Crippen LogP contribution in [0.25, 0.3) is 0 Å². The lowest BCUT2D eigenvalue weighted by Gasteiger charge is -2.15. The van der Waals surface area contributed by atoms with Gasteiger partial charge in [0.2, 0.25) is 10.0 Å². The van der Waals surface area contributed by atoms with E-state index in [1.165, 1.54) is 13.2 Å². The van der Waals surface area contributed by atoms with Crippen LogP contribution in [0.2, 0.25) is 0 Å². The minimum absolute atomic E-state index is 0.137. The molecule has 2 N–H and O–H groups in total. The average molecular weight is 300 g/mol. The van der Waals surface area contributed by atoms with E-state index in [4.69, 9.17) is 9.47 Å². The average Bonchev–Trinajstić information content (AvgIpc) is 2.74. The summed E-state index contributed by atoms with van der Waals surface area (Å²) in [5.74, 6) is 0.658. The predicted molar refractivity (Wildman–Crippen MR) is 75.4 cm³/mol. The molecule has 0 bridgehead atoms. The Kier molecular flexibility index (Phi) is 5.36. The molecule has 112 valence electrons. The fourth-order valence-electron chi connectivity index (χ4n) is 1.97. The molecule has 0 spiro atoms. The summed E-state index contributed by atoms with van der Waals surface area (Å²) in [6.07, 6.45) is 0. The fraction of sp³-hybridized carbons (Fsp3) is 0.538. The van der Waals surface area contributed by atoms with Crippen molar-refractivity contribution in [1.82, 2.24) is 10.0 Å². The molecule has 1 aliphatic rings. The van der Waals surface area contributed by atoms with Crippen molar-refractivity contribution >= 4 is 10.0 Å². The number of sulfonamides is 1. The van der Waals surface area contributed by atoms with Crippen molar-refractivity contribution in [3.05, 3.63) is 24.3 Å². The van der Waals surface area contributed by atoms with Crippen molar-refractivity contribution in [2.75, 3.05) is 40.0 Å². The van der Waals surface area contributed by atoms with E-state index in [1.807, 2.05) is 0 Å². The van der Waals surface area contributed by atoms with Gasteiger partial charge in [0, 0.05) is 31.6 Å². The number of ether oxygens (including phenoxy) is 2. The van der Waals surface area contributed by atoms with E-state index >= 15 is 0 Å². The van der Waals surface area contributed by atoms with Crippen LogP contribution in [0.3, 0.4) is 0 Å². The lowest BCUT2D eigenvalue weighted by molar-refractivity contribution is 0.124. The molecule has 6 nitrogen and oxygen atoms in total. The van der Waals surface area contributed by atoms with Crippen LogP contribution in [-0.4, -0.2) is 48.4 Å². The summed E-state index contributed by atoms with van der Waals surface area (Å²) >= 11 is 0. The Morgan fingerprint density at radius 2 is 2.35 bits per heavy atom. The molecular formula is C13H20N2O4S. The van der Waals surface area contributed by atoms with Crippen LogP contribution in [0.4, 0.5) is 0 Å². The maximum absolute atomic E-state index is 12.2. The zero-order chi connectivity index (χ0) is 14.4. The topological polar surface area (TPSA) is 76.7 Å². The molecule has 0 saturated carbocycles. The summed E-state index contributed by atoms with van der Waals surface area (Å²) in [6, 6.07) is 6.42. The second-order valence-corrected chi connectivity index (χ2v) is 6.44. The maximum Gasteiger partial charge on any atom is 0.240 e. The van der Waals surface area contributed by atoms with Crippen LogP contribution in [-0.2, 0) is 14.8 Å². The van der Waals surface area contributed by atoms with Gasteiger partial charge in [-0.15, -0.1) is 0 Å². The van der Waals surface area contributed by atoms with E-state index in [0.29, 0.717) is 25.5 Å². The smallest absolute Gasteiger partial charge is 0.240 e. The van der Waals surface area contributed by atoms with Crippen LogP contribution >= 0.6 is 0 Å². The highest BCUT2D eigenvalue weighted by atomic mass is 32.2. The summed E-state index contributed by atoms with van der Waals surface area (Å²) in [7, 11) is -2.01. The van der Waals surface area contributed by atoms with E-state index in [-0.39, 0.29) is 10.8 Å². The van der Waals surface area contributed by atoms with Gasteiger partial charge in [-0.3, -0.25) is 0 Å². The van der Waals surface area contributed by atoms with Crippen LogP contribution in [0, 0.1) is 5.92 Å². The summed E-state index contributed by atoms with van der Waals surface area (Å²) in [4.78, 5) is 0.208. The normalized spacial score (nSPS) is 20.4. The molecule has 1 fully saturated rings. The van der Waals surface area contributed by atoms with Gasteiger partial charge in [-0.2, -0.15) is 0 Å². The first-order chi connectivity index (χ1) is 9.62. The molecule has 1 saturated heterocycles. The van der Waals surface area contributed by atoms with Crippen molar-refractivity contribution in [3.8, 4) is 5.75 Å². The minimum atomic E-state index is -3.52. The first-order valence-electron chi connectivity index (χ1n) is 6.54. The Balaban J connectivity index is 1.99. The van der Waals surface area contributed by atoms with E-state index in [1.54, 1.807) is 18.2 Å². The Morgan fingerprint density at radius 3 is 3.15 bits per heavy atom. The van der Waals surface area contributed by atoms with Gasteiger partial charge in [-0.25, -0.2) is 13.1 Å². The molecule has 0 aromatic heterocycles. The number of nitrogens with one attached hydrogen (secondary N) is 2. The molecular weight excluding hydrogens is 280 g/mol. The Labute approximate surface area is 119 Å². The standard InChI is InChI=1S/C13H20N2O4S/c1-18-12-3-2-4-13(7-12)20(16,17)15-9-11-8-14-5-6-19-10-11/h2-4,7,11,14-15H,5-6,8-10H2,1H3. The molecule has 1 aliphatic heterocycles. The van der Waals surface area contributed by atoms with Gasteiger partial charge in [-0.05, 0) is 12.1 Å². The minimum Gasteiger partial charge on any atom is -0.497 e. The van der Waals surface area contributed by atoms with E-state index < -0.39 is 10.0 Å². The van der Waals surface area contributed by atoms with Gasteiger partial charge >= 0.3 is 0 Å². The molecule has 0 aliphatic carbocycles. The molecule has 20 heavy (non-hydrogen) atoms. The number of hydrogen-bond donors (Lipinski definition) is 2. The lowest BCUT2D eigenvalue weighted by atomic mass is 10.2. The quantitative estimate of drug-likeness (QED) is 0.813. The molecule has 1 aromatic rings. The highest BCUT2D eigenvalue weighted by Gasteiger charge is 2.18. The van der Waals surface area contributed by atoms with Gasteiger partial charge in [0.05, 0.1) is 25.2 Å².